The minimum absolute atomic E-state index is 0.0837. The number of hydrogen-bond acceptors (Lipinski definition) is 6. The number of phenols is 1. The smallest absolute Gasteiger partial charge is 0.333 e. The van der Waals surface area contributed by atoms with Gasteiger partial charge in [-0.05, 0) is 56.9 Å². The van der Waals surface area contributed by atoms with Crippen molar-refractivity contribution in [2.24, 2.45) is 28.4 Å². The molecule has 9 nitrogen and oxygen atoms in total. The van der Waals surface area contributed by atoms with E-state index in [4.69, 9.17) is 11.7 Å². The molecule has 0 aliphatic heterocycles. The number of phenolic OH excluding ortho intramolecular Hbond substituents is 1. The van der Waals surface area contributed by atoms with E-state index in [1.165, 1.54) is 0 Å². The van der Waals surface area contributed by atoms with Crippen LogP contribution in [0.2, 0.25) is 0 Å². The van der Waals surface area contributed by atoms with E-state index in [9.17, 15) is 19.8 Å². The molecule has 0 aromatic heterocycles. The largest absolute Gasteiger partial charge is 0.507 e. The quantitative estimate of drug-likeness (QED) is 0.109. The molecule has 1 aromatic rings. The maximum atomic E-state index is 11.7. The monoisotopic (exact) mass is 587 g/mol. The second-order valence-electron chi connectivity index (χ2n) is 15.6. The molecule has 42 heavy (non-hydrogen) atoms. The number of carbonyl (C=O) groups excluding carboxylic acids is 2. The lowest BCUT2D eigenvalue weighted by molar-refractivity contribution is -0.124. The summed E-state index contributed by atoms with van der Waals surface area (Å²) in [5.74, 6) is 10.3. The summed E-state index contributed by atoms with van der Waals surface area (Å²) < 4.78 is 0. The molecule has 3 amide bonds. The van der Waals surface area contributed by atoms with Crippen LogP contribution in [0.25, 0.3) is 0 Å². The second kappa shape index (κ2) is 13.2. The van der Waals surface area contributed by atoms with Gasteiger partial charge in [-0.2, -0.15) is 0 Å². The van der Waals surface area contributed by atoms with Crippen LogP contribution < -0.4 is 27.9 Å². The predicted molar refractivity (Wildman–Crippen MR) is 171 cm³/mol. The topological polar surface area (TPSA) is 163 Å². The van der Waals surface area contributed by atoms with Gasteiger partial charge in [0.05, 0.1) is 0 Å². The van der Waals surface area contributed by atoms with Crippen molar-refractivity contribution in [3.05, 3.63) is 52.2 Å². The highest BCUT2D eigenvalue weighted by Crippen LogP contribution is 2.43. The van der Waals surface area contributed by atoms with Crippen molar-refractivity contribution in [2.75, 3.05) is 0 Å². The lowest BCUT2D eigenvalue weighted by Crippen LogP contribution is -2.45. The number of allylic oxidation sites excluding steroid dienone is 1. The average molecular weight is 588 g/mol. The molecular formula is C33H57N5O4. The van der Waals surface area contributed by atoms with Crippen molar-refractivity contribution in [2.45, 2.75) is 119 Å². The fourth-order valence-corrected chi connectivity index (χ4v) is 4.60. The lowest BCUT2D eigenvalue weighted by Gasteiger charge is -2.41. The Morgan fingerprint density at radius 1 is 0.857 bits per heavy atom. The molecule has 0 heterocycles. The number of benzene rings is 1. The number of nitrogens with one attached hydrogen (secondary N) is 3. The van der Waals surface area contributed by atoms with Gasteiger partial charge in [0.25, 0.3) is 0 Å². The number of aromatic hydroxyl groups is 1. The van der Waals surface area contributed by atoms with Crippen LogP contribution in [0, 0.1) is 16.7 Å². The first-order valence-electron chi connectivity index (χ1n) is 14.6. The van der Waals surface area contributed by atoms with Gasteiger partial charge in [-0.1, -0.05) is 108 Å². The molecule has 1 aliphatic carbocycles. The fourth-order valence-electron chi connectivity index (χ4n) is 4.60. The molecule has 238 valence electrons. The number of aliphatic hydroxyl groups is 1. The van der Waals surface area contributed by atoms with Gasteiger partial charge in [0.2, 0.25) is 5.91 Å². The molecular weight excluding hydrogens is 530 g/mol. The van der Waals surface area contributed by atoms with Crippen LogP contribution in [-0.2, 0) is 22.0 Å². The van der Waals surface area contributed by atoms with Crippen molar-refractivity contribution >= 4 is 11.9 Å². The number of nitrogens with two attached hydrogens (primary N) is 2. The normalized spacial score (nSPS) is 18.6. The van der Waals surface area contributed by atoms with Crippen LogP contribution in [0.3, 0.4) is 0 Å². The van der Waals surface area contributed by atoms with E-state index >= 15 is 0 Å². The molecule has 1 aliphatic rings. The van der Waals surface area contributed by atoms with Crippen LogP contribution in [0.4, 0.5) is 4.79 Å². The Balaban J connectivity index is 0.000000422. The molecule has 0 saturated carbocycles. The van der Waals surface area contributed by atoms with Crippen LogP contribution in [0.1, 0.15) is 113 Å². The van der Waals surface area contributed by atoms with E-state index in [-0.39, 0.29) is 33.5 Å². The number of urea groups is 1. The van der Waals surface area contributed by atoms with Gasteiger partial charge in [-0.3, -0.25) is 15.6 Å². The zero-order valence-corrected chi connectivity index (χ0v) is 28.2. The van der Waals surface area contributed by atoms with Gasteiger partial charge >= 0.3 is 6.03 Å². The van der Waals surface area contributed by atoms with Crippen LogP contribution in [-0.4, -0.2) is 27.8 Å². The summed E-state index contributed by atoms with van der Waals surface area (Å²) >= 11 is 0. The molecule has 0 radical (unpaired) electrons. The average Bonchev–Trinajstić information content (AvgIpc) is 2.81. The molecule has 2 atom stereocenters. The van der Waals surface area contributed by atoms with Gasteiger partial charge in [0, 0.05) is 18.0 Å². The van der Waals surface area contributed by atoms with E-state index in [1.54, 1.807) is 6.08 Å². The van der Waals surface area contributed by atoms with E-state index in [2.05, 4.69) is 73.1 Å². The molecule has 1 aromatic carbocycles. The SMILES string of the molecule is CC(C)(C)C1=CC(O)(C(C)(C)C)C=C(NC(=O)NN)C1.CC(Cc1cc(C(C)(C)C)c(O)c(C(C)(C)C)c1)C(=O)NN. The molecule has 0 saturated heterocycles. The third-order valence-corrected chi connectivity index (χ3v) is 7.66. The Hall–Kier alpha value is -2.88. The molecule has 0 bridgehead atoms. The summed E-state index contributed by atoms with van der Waals surface area (Å²) in [4.78, 5) is 23.1. The van der Waals surface area contributed by atoms with E-state index in [0.29, 0.717) is 24.3 Å². The van der Waals surface area contributed by atoms with Gasteiger partial charge in [0.15, 0.2) is 0 Å². The standard InChI is InChI=1S/C18H30N2O2.C15H27N3O2/c1-11(16(22)20-19)8-12-9-13(17(2,3)4)15(21)14(10-12)18(5,6)7;1-13(2,3)10-7-11(17-12(19)18-16)9-15(20,8-10)14(4,5)6/h9-11,21H,8,19H2,1-7H3,(H,20,22);8-9,20H,7,16H2,1-6H3,(H2,17,18,19). The highest BCUT2D eigenvalue weighted by molar-refractivity contribution is 5.78. The third kappa shape index (κ3) is 9.85. The first kappa shape index (κ1) is 37.1. The number of rotatable bonds is 4. The Morgan fingerprint density at radius 2 is 1.33 bits per heavy atom. The van der Waals surface area contributed by atoms with Gasteiger partial charge in [-0.25, -0.2) is 16.5 Å². The number of hydrazine groups is 2. The molecule has 0 spiro atoms. The summed E-state index contributed by atoms with van der Waals surface area (Å²) in [6, 6.07) is 3.53. The van der Waals surface area contributed by atoms with Crippen LogP contribution in [0.5, 0.6) is 5.75 Å². The second-order valence-corrected chi connectivity index (χ2v) is 15.6. The van der Waals surface area contributed by atoms with Gasteiger partial charge in [0.1, 0.15) is 11.4 Å². The van der Waals surface area contributed by atoms with Crippen LogP contribution in [0.15, 0.2) is 35.6 Å². The molecule has 9 heteroatoms. The van der Waals surface area contributed by atoms with Crippen molar-refractivity contribution in [1.82, 2.24) is 16.2 Å². The van der Waals surface area contributed by atoms with E-state index in [1.807, 2.05) is 51.3 Å². The molecule has 2 unspecified atom stereocenters. The highest BCUT2D eigenvalue weighted by atomic mass is 16.3. The van der Waals surface area contributed by atoms with Crippen molar-refractivity contribution in [1.29, 1.82) is 0 Å². The lowest BCUT2D eigenvalue weighted by atomic mass is 9.69. The predicted octanol–water partition coefficient (Wildman–Crippen LogP) is 5.35. The van der Waals surface area contributed by atoms with Crippen molar-refractivity contribution < 1.29 is 19.8 Å². The van der Waals surface area contributed by atoms with Crippen LogP contribution >= 0.6 is 0 Å². The number of amides is 3. The fraction of sp³-hybridized carbons (Fsp3) is 0.636. The Morgan fingerprint density at radius 3 is 1.69 bits per heavy atom. The van der Waals surface area contributed by atoms with Crippen molar-refractivity contribution in [3.63, 3.8) is 0 Å². The summed E-state index contributed by atoms with van der Waals surface area (Å²) in [5, 5.41) is 24.3. The third-order valence-electron chi connectivity index (χ3n) is 7.66. The Labute approximate surface area is 253 Å². The van der Waals surface area contributed by atoms with Crippen molar-refractivity contribution in [3.8, 4) is 5.75 Å². The first-order chi connectivity index (χ1) is 18.8. The molecule has 2 rings (SSSR count). The molecule has 0 fully saturated rings. The highest BCUT2D eigenvalue weighted by Gasteiger charge is 2.40. The first-order valence-corrected chi connectivity index (χ1v) is 14.6. The summed E-state index contributed by atoms with van der Waals surface area (Å²) in [5.41, 5.74) is 6.96. The Bertz CT molecular complexity index is 1160. The maximum Gasteiger partial charge on any atom is 0.333 e. The molecule has 9 N–H and O–H groups in total. The summed E-state index contributed by atoms with van der Waals surface area (Å²) in [6.07, 6.45) is 4.81. The zero-order chi connectivity index (χ0) is 33.1. The minimum Gasteiger partial charge on any atom is -0.507 e. The van der Waals surface area contributed by atoms with E-state index < -0.39 is 11.6 Å². The zero-order valence-electron chi connectivity index (χ0n) is 28.2. The van der Waals surface area contributed by atoms with E-state index in [0.717, 1.165) is 22.3 Å². The maximum absolute atomic E-state index is 11.7. The van der Waals surface area contributed by atoms with Gasteiger partial charge in [-0.15, -0.1) is 0 Å². The summed E-state index contributed by atoms with van der Waals surface area (Å²) in [7, 11) is 0. The number of hydrogen-bond donors (Lipinski definition) is 7. The summed E-state index contributed by atoms with van der Waals surface area (Å²) in [6.45, 7) is 26.5. The minimum atomic E-state index is -1.11. The Kier molecular flexibility index (Phi) is 11.7. The van der Waals surface area contributed by atoms with Gasteiger partial charge < -0.3 is 15.5 Å². The number of carbonyl (C=O) groups is 2.